The second kappa shape index (κ2) is 7.20. The summed E-state index contributed by atoms with van der Waals surface area (Å²) >= 11 is 0. The van der Waals surface area contributed by atoms with E-state index in [2.05, 4.69) is 11.6 Å². The Labute approximate surface area is 122 Å². The number of aliphatic hydroxyl groups excluding tert-OH is 1. The van der Waals surface area contributed by atoms with Gasteiger partial charge in [-0.1, -0.05) is 39.3 Å². The number of nitrogens with one attached hydrogen (secondary N) is 1. The fourth-order valence-corrected chi connectivity index (χ4v) is 3.13. The van der Waals surface area contributed by atoms with Crippen LogP contribution in [0, 0.1) is 5.41 Å². The molecule has 0 bridgehead atoms. The maximum atomic E-state index is 12.2. The molecular formula is C15H25NO3S. The SMILES string of the molecule is CCCc1ccc(S(=O)(=O)NCC(C)(C)CCO)cc1. The number of aliphatic hydroxyl groups is 1. The van der Waals surface area contributed by atoms with Crippen molar-refractivity contribution in [3.05, 3.63) is 29.8 Å². The van der Waals surface area contributed by atoms with Crippen LogP contribution in [0.3, 0.4) is 0 Å². The Hall–Kier alpha value is -0.910. The predicted molar refractivity (Wildman–Crippen MR) is 81.1 cm³/mol. The van der Waals surface area contributed by atoms with Crippen molar-refractivity contribution in [1.29, 1.82) is 0 Å². The largest absolute Gasteiger partial charge is 0.396 e. The lowest BCUT2D eigenvalue weighted by atomic mass is 9.90. The smallest absolute Gasteiger partial charge is 0.240 e. The predicted octanol–water partition coefficient (Wildman–Crippen LogP) is 2.33. The van der Waals surface area contributed by atoms with E-state index in [0.717, 1.165) is 18.4 Å². The molecule has 1 rings (SSSR count). The molecule has 0 aliphatic heterocycles. The number of aryl methyl sites for hydroxylation is 1. The van der Waals surface area contributed by atoms with Gasteiger partial charge in [-0.2, -0.15) is 0 Å². The first kappa shape index (κ1) is 17.1. The van der Waals surface area contributed by atoms with E-state index in [1.165, 1.54) is 0 Å². The van der Waals surface area contributed by atoms with Crippen molar-refractivity contribution < 1.29 is 13.5 Å². The molecule has 0 radical (unpaired) electrons. The fourth-order valence-electron chi connectivity index (χ4n) is 1.89. The molecule has 0 atom stereocenters. The standard InChI is InChI=1S/C15H25NO3S/c1-4-5-13-6-8-14(9-7-13)20(18,19)16-12-15(2,3)10-11-17/h6-9,16-17H,4-5,10-12H2,1-3H3. The monoisotopic (exact) mass is 299 g/mol. The normalized spacial score (nSPS) is 12.6. The van der Waals surface area contributed by atoms with Crippen molar-refractivity contribution in [2.24, 2.45) is 5.41 Å². The summed E-state index contributed by atoms with van der Waals surface area (Å²) in [5.74, 6) is 0. The van der Waals surface area contributed by atoms with Crippen LogP contribution in [-0.2, 0) is 16.4 Å². The van der Waals surface area contributed by atoms with E-state index in [-0.39, 0.29) is 16.9 Å². The van der Waals surface area contributed by atoms with Gasteiger partial charge in [0, 0.05) is 13.2 Å². The number of hydrogen-bond donors (Lipinski definition) is 2. The summed E-state index contributed by atoms with van der Waals surface area (Å²) in [5, 5.41) is 8.95. The summed E-state index contributed by atoms with van der Waals surface area (Å²) in [5.41, 5.74) is 0.885. The lowest BCUT2D eigenvalue weighted by molar-refractivity contribution is 0.213. The van der Waals surface area contributed by atoms with Gasteiger partial charge in [-0.25, -0.2) is 13.1 Å². The molecule has 114 valence electrons. The van der Waals surface area contributed by atoms with Gasteiger partial charge in [-0.3, -0.25) is 0 Å². The molecule has 0 fully saturated rings. The van der Waals surface area contributed by atoms with Crippen LogP contribution in [0.2, 0.25) is 0 Å². The Morgan fingerprint density at radius 3 is 2.30 bits per heavy atom. The van der Waals surface area contributed by atoms with E-state index in [1.807, 2.05) is 26.0 Å². The Morgan fingerprint density at radius 1 is 1.20 bits per heavy atom. The number of benzene rings is 1. The lowest BCUT2D eigenvalue weighted by Gasteiger charge is -2.23. The van der Waals surface area contributed by atoms with Gasteiger partial charge < -0.3 is 5.11 Å². The number of rotatable bonds is 8. The minimum absolute atomic E-state index is 0.0560. The number of hydrogen-bond acceptors (Lipinski definition) is 3. The van der Waals surface area contributed by atoms with Gasteiger partial charge in [0.1, 0.15) is 0 Å². The van der Waals surface area contributed by atoms with Crippen LogP contribution >= 0.6 is 0 Å². The Balaban J connectivity index is 2.73. The molecule has 1 aromatic rings. The molecule has 0 aromatic heterocycles. The average Bonchev–Trinajstić information content (AvgIpc) is 2.38. The second-order valence-corrected chi connectivity index (χ2v) is 7.62. The van der Waals surface area contributed by atoms with Gasteiger partial charge >= 0.3 is 0 Å². The van der Waals surface area contributed by atoms with Gasteiger partial charge in [-0.05, 0) is 36.0 Å². The van der Waals surface area contributed by atoms with E-state index in [1.54, 1.807) is 12.1 Å². The fraction of sp³-hybridized carbons (Fsp3) is 0.600. The maximum Gasteiger partial charge on any atom is 0.240 e. The first-order chi connectivity index (χ1) is 9.30. The van der Waals surface area contributed by atoms with Crippen molar-refractivity contribution in [2.75, 3.05) is 13.2 Å². The highest BCUT2D eigenvalue weighted by molar-refractivity contribution is 7.89. The van der Waals surface area contributed by atoms with E-state index in [0.29, 0.717) is 13.0 Å². The van der Waals surface area contributed by atoms with Gasteiger partial charge in [0.25, 0.3) is 0 Å². The number of sulfonamides is 1. The summed E-state index contributed by atoms with van der Waals surface area (Å²) in [6, 6.07) is 7.01. The summed E-state index contributed by atoms with van der Waals surface area (Å²) in [4.78, 5) is 0.289. The van der Waals surface area contributed by atoms with Crippen molar-refractivity contribution in [3.8, 4) is 0 Å². The van der Waals surface area contributed by atoms with Crippen molar-refractivity contribution in [3.63, 3.8) is 0 Å². The maximum absolute atomic E-state index is 12.2. The Morgan fingerprint density at radius 2 is 1.80 bits per heavy atom. The highest BCUT2D eigenvalue weighted by Crippen LogP contribution is 2.19. The molecule has 20 heavy (non-hydrogen) atoms. The van der Waals surface area contributed by atoms with Crippen LogP contribution in [-0.4, -0.2) is 26.7 Å². The molecule has 0 heterocycles. The van der Waals surface area contributed by atoms with Crippen LogP contribution in [0.1, 0.15) is 39.2 Å². The van der Waals surface area contributed by atoms with Crippen LogP contribution in [0.5, 0.6) is 0 Å². The topological polar surface area (TPSA) is 66.4 Å². The zero-order chi connectivity index (χ0) is 15.2. The van der Waals surface area contributed by atoms with Crippen molar-refractivity contribution in [2.45, 2.75) is 44.9 Å². The van der Waals surface area contributed by atoms with Crippen molar-refractivity contribution in [1.82, 2.24) is 4.72 Å². The average molecular weight is 299 g/mol. The van der Waals surface area contributed by atoms with Gasteiger partial charge in [0.2, 0.25) is 10.0 Å². The van der Waals surface area contributed by atoms with Crippen LogP contribution < -0.4 is 4.72 Å². The molecule has 0 saturated heterocycles. The van der Waals surface area contributed by atoms with Crippen LogP contribution in [0.4, 0.5) is 0 Å². The molecule has 0 unspecified atom stereocenters. The Kier molecular flexibility index (Phi) is 6.17. The van der Waals surface area contributed by atoms with E-state index >= 15 is 0 Å². The molecule has 0 aliphatic carbocycles. The molecule has 2 N–H and O–H groups in total. The molecule has 0 aliphatic rings. The lowest BCUT2D eigenvalue weighted by Crippen LogP contribution is -2.34. The van der Waals surface area contributed by atoms with Gasteiger partial charge in [0.15, 0.2) is 0 Å². The molecule has 5 heteroatoms. The summed E-state index contributed by atoms with van der Waals surface area (Å²) in [7, 11) is -3.48. The summed E-state index contributed by atoms with van der Waals surface area (Å²) in [6.07, 6.45) is 2.56. The van der Waals surface area contributed by atoms with Crippen LogP contribution in [0.25, 0.3) is 0 Å². The highest BCUT2D eigenvalue weighted by atomic mass is 32.2. The van der Waals surface area contributed by atoms with E-state index in [4.69, 9.17) is 5.11 Å². The molecule has 0 amide bonds. The molecule has 4 nitrogen and oxygen atoms in total. The first-order valence-corrected chi connectivity index (χ1v) is 8.48. The zero-order valence-electron chi connectivity index (χ0n) is 12.5. The summed E-state index contributed by atoms with van der Waals surface area (Å²) < 4.78 is 27.0. The van der Waals surface area contributed by atoms with Crippen LogP contribution in [0.15, 0.2) is 29.2 Å². The quantitative estimate of drug-likeness (QED) is 0.774. The minimum atomic E-state index is -3.48. The second-order valence-electron chi connectivity index (χ2n) is 5.86. The van der Waals surface area contributed by atoms with E-state index in [9.17, 15) is 8.42 Å². The molecule has 0 saturated carbocycles. The first-order valence-electron chi connectivity index (χ1n) is 7.00. The molecule has 0 spiro atoms. The third-order valence-corrected chi connectivity index (χ3v) is 4.72. The van der Waals surface area contributed by atoms with Gasteiger partial charge in [-0.15, -0.1) is 0 Å². The zero-order valence-corrected chi connectivity index (χ0v) is 13.3. The summed E-state index contributed by atoms with van der Waals surface area (Å²) in [6.45, 7) is 6.31. The third kappa shape index (κ3) is 5.23. The molecular weight excluding hydrogens is 274 g/mol. The minimum Gasteiger partial charge on any atom is -0.396 e. The van der Waals surface area contributed by atoms with Crippen molar-refractivity contribution >= 4 is 10.0 Å². The highest BCUT2D eigenvalue weighted by Gasteiger charge is 2.21. The third-order valence-electron chi connectivity index (χ3n) is 3.30. The molecule has 1 aromatic carbocycles. The Bertz CT molecular complexity index is 506. The van der Waals surface area contributed by atoms with E-state index < -0.39 is 10.0 Å². The van der Waals surface area contributed by atoms with Gasteiger partial charge in [0.05, 0.1) is 4.90 Å².